The van der Waals surface area contributed by atoms with Crippen LogP contribution in [0.25, 0.3) is 0 Å². The summed E-state index contributed by atoms with van der Waals surface area (Å²) < 4.78 is 17.8. The van der Waals surface area contributed by atoms with Crippen LogP contribution in [0.3, 0.4) is 0 Å². The highest BCUT2D eigenvalue weighted by Gasteiger charge is 2.23. The smallest absolute Gasteiger partial charge is 0.126 e. The van der Waals surface area contributed by atoms with E-state index in [1.54, 1.807) is 0 Å². The third kappa shape index (κ3) is 1.65. The van der Waals surface area contributed by atoms with Crippen molar-refractivity contribution in [3.63, 3.8) is 0 Å². The third-order valence-electron chi connectivity index (χ3n) is 1.64. The van der Waals surface area contributed by atoms with Gasteiger partial charge in [-0.25, -0.2) is 4.39 Å². The highest BCUT2D eigenvalue weighted by Crippen LogP contribution is 2.18. The summed E-state index contributed by atoms with van der Waals surface area (Å²) in [4.78, 5) is 0. The van der Waals surface area contributed by atoms with Gasteiger partial charge in [0.15, 0.2) is 0 Å². The van der Waals surface area contributed by atoms with Gasteiger partial charge in [-0.05, 0) is 19.3 Å². The summed E-state index contributed by atoms with van der Waals surface area (Å²) in [7, 11) is 0. The first-order chi connectivity index (χ1) is 4.34. The fourth-order valence-electron chi connectivity index (χ4n) is 1.07. The molecule has 1 heterocycles. The molecule has 0 bridgehead atoms. The van der Waals surface area contributed by atoms with Crippen molar-refractivity contribution < 1.29 is 9.13 Å². The summed E-state index contributed by atoms with van der Waals surface area (Å²) in [6, 6.07) is 0. The van der Waals surface area contributed by atoms with Gasteiger partial charge in [-0.2, -0.15) is 0 Å². The summed E-state index contributed by atoms with van der Waals surface area (Å²) in [5.74, 6) is 0. The molecule has 0 N–H and O–H groups in total. The quantitative estimate of drug-likeness (QED) is 0.526. The van der Waals surface area contributed by atoms with Crippen LogP contribution in [0.2, 0.25) is 0 Å². The van der Waals surface area contributed by atoms with Crippen LogP contribution in [0, 0.1) is 6.92 Å². The zero-order chi connectivity index (χ0) is 6.69. The molecule has 2 unspecified atom stereocenters. The highest BCUT2D eigenvalue weighted by atomic mass is 19.1. The first-order valence-corrected chi connectivity index (χ1v) is 3.39. The lowest BCUT2D eigenvalue weighted by molar-refractivity contribution is -0.0375. The highest BCUT2D eigenvalue weighted by molar-refractivity contribution is 4.74. The Morgan fingerprint density at radius 1 is 1.67 bits per heavy atom. The van der Waals surface area contributed by atoms with E-state index in [1.165, 1.54) is 0 Å². The van der Waals surface area contributed by atoms with E-state index in [9.17, 15) is 4.39 Å². The molecule has 9 heavy (non-hydrogen) atoms. The lowest BCUT2D eigenvalue weighted by Gasteiger charge is -2.24. The summed E-state index contributed by atoms with van der Waals surface area (Å²) in [5, 5.41) is 0. The van der Waals surface area contributed by atoms with Crippen LogP contribution >= 0.6 is 0 Å². The van der Waals surface area contributed by atoms with Crippen LogP contribution in [-0.2, 0) is 4.74 Å². The molecular weight excluding hydrogens is 119 g/mol. The maximum Gasteiger partial charge on any atom is 0.126 e. The van der Waals surface area contributed by atoms with E-state index >= 15 is 0 Å². The van der Waals surface area contributed by atoms with Gasteiger partial charge < -0.3 is 4.74 Å². The molecule has 2 heteroatoms. The molecule has 1 nitrogen and oxygen atoms in total. The molecule has 53 valence electrons. The Hall–Kier alpha value is -0.110. The lowest BCUT2D eigenvalue weighted by atomic mass is 10.1. The Morgan fingerprint density at radius 2 is 2.44 bits per heavy atom. The standard InChI is InChI=1S/C7H12FO/c1-2-7-6(8)4-3-5-9-7/h6-7H,1-5H2. The Morgan fingerprint density at radius 3 is 2.89 bits per heavy atom. The first kappa shape index (κ1) is 7.00. The minimum absolute atomic E-state index is 0.223. The maximum absolute atomic E-state index is 12.7. The van der Waals surface area contributed by atoms with E-state index in [0.29, 0.717) is 19.4 Å². The molecule has 0 aromatic carbocycles. The Labute approximate surface area is 55.2 Å². The predicted molar refractivity (Wildman–Crippen MR) is 33.8 cm³/mol. The molecule has 0 spiro atoms. The molecule has 1 radical (unpaired) electrons. The second-order valence-corrected chi connectivity index (χ2v) is 2.36. The van der Waals surface area contributed by atoms with Gasteiger partial charge in [0.05, 0.1) is 6.10 Å². The fourth-order valence-corrected chi connectivity index (χ4v) is 1.07. The van der Waals surface area contributed by atoms with Crippen molar-refractivity contribution in [3.8, 4) is 0 Å². The third-order valence-corrected chi connectivity index (χ3v) is 1.64. The van der Waals surface area contributed by atoms with Crippen molar-refractivity contribution in [2.75, 3.05) is 6.61 Å². The van der Waals surface area contributed by atoms with Crippen LogP contribution in [0.4, 0.5) is 4.39 Å². The molecule has 1 saturated heterocycles. The number of rotatable bonds is 1. The number of hydrogen-bond acceptors (Lipinski definition) is 1. The van der Waals surface area contributed by atoms with Crippen molar-refractivity contribution in [2.45, 2.75) is 31.5 Å². The zero-order valence-electron chi connectivity index (χ0n) is 5.48. The minimum Gasteiger partial charge on any atom is -0.375 e. The van der Waals surface area contributed by atoms with E-state index in [4.69, 9.17) is 4.74 Å². The van der Waals surface area contributed by atoms with Crippen molar-refractivity contribution in [1.29, 1.82) is 0 Å². The van der Waals surface area contributed by atoms with Crippen LogP contribution < -0.4 is 0 Å². The Balaban J connectivity index is 2.30. The van der Waals surface area contributed by atoms with Crippen LogP contribution in [0.1, 0.15) is 19.3 Å². The summed E-state index contributed by atoms with van der Waals surface area (Å²) >= 11 is 0. The molecule has 1 rings (SSSR count). The first-order valence-electron chi connectivity index (χ1n) is 3.39. The van der Waals surface area contributed by atoms with Crippen molar-refractivity contribution in [1.82, 2.24) is 0 Å². The van der Waals surface area contributed by atoms with Gasteiger partial charge in [-0.1, -0.05) is 6.92 Å². The lowest BCUT2D eigenvalue weighted by Crippen LogP contribution is -2.30. The molecule has 1 fully saturated rings. The SMILES string of the molecule is [CH2]CC1OCCCC1F. The Kier molecular flexibility index (Phi) is 2.46. The van der Waals surface area contributed by atoms with Gasteiger partial charge in [0, 0.05) is 6.61 Å². The van der Waals surface area contributed by atoms with Gasteiger partial charge in [-0.3, -0.25) is 0 Å². The molecule has 0 aromatic rings. The maximum atomic E-state index is 12.7. The zero-order valence-corrected chi connectivity index (χ0v) is 5.48. The molecular formula is C7H12FO. The number of alkyl halides is 1. The topological polar surface area (TPSA) is 9.23 Å². The van der Waals surface area contributed by atoms with Crippen molar-refractivity contribution in [2.24, 2.45) is 0 Å². The molecule has 1 aliphatic rings. The van der Waals surface area contributed by atoms with Crippen LogP contribution in [-0.4, -0.2) is 18.9 Å². The largest absolute Gasteiger partial charge is 0.375 e. The summed E-state index contributed by atoms with van der Waals surface area (Å²) in [5.41, 5.74) is 0. The van der Waals surface area contributed by atoms with Gasteiger partial charge in [0.25, 0.3) is 0 Å². The summed E-state index contributed by atoms with van der Waals surface area (Å²) in [6.07, 6.45) is 1.08. The van der Waals surface area contributed by atoms with Crippen LogP contribution in [0.15, 0.2) is 0 Å². The van der Waals surface area contributed by atoms with E-state index in [2.05, 4.69) is 6.92 Å². The van der Waals surface area contributed by atoms with E-state index in [1.807, 2.05) is 0 Å². The van der Waals surface area contributed by atoms with Crippen molar-refractivity contribution >= 4 is 0 Å². The van der Waals surface area contributed by atoms with Gasteiger partial charge in [0.2, 0.25) is 0 Å². The average molecular weight is 131 g/mol. The van der Waals surface area contributed by atoms with Crippen molar-refractivity contribution in [3.05, 3.63) is 6.92 Å². The normalized spacial score (nSPS) is 36.7. The van der Waals surface area contributed by atoms with Gasteiger partial charge in [0.1, 0.15) is 6.17 Å². The number of halogens is 1. The molecule has 1 aliphatic heterocycles. The van der Waals surface area contributed by atoms with Gasteiger partial charge in [-0.15, -0.1) is 0 Å². The second kappa shape index (κ2) is 3.16. The van der Waals surface area contributed by atoms with Gasteiger partial charge >= 0.3 is 0 Å². The number of hydrogen-bond donors (Lipinski definition) is 0. The van der Waals surface area contributed by atoms with E-state index < -0.39 is 6.17 Å². The molecule has 0 saturated carbocycles. The van der Waals surface area contributed by atoms with E-state index in [0.717, 1.165) is 6.42 Å². The minimum atomic E-state index is -0.767. The summed E-state index contributed by atoms with van der Waals surface area (Å²) in [6.45, 7) is 4.30. The molecule has 2 atom stereocenters. The fraction of sp³-hybridized carbons (Fsp3) is 0.857. The molecule has 0 amide bonds. The second-order valence-electron chi connectivity index (χ2n) is 2.36. The Bertz CT molecular complexity index is 85.0. The van der Waals surface area contributed by atoms with E-state index in [-0.39, 0.29) is 6.10 Å². The monoisotopic (exact) mass is 131 g/mol. The van der Waals surface area contributed by atoms with Crippen LogP contribution in [0.5, 0.6) is 0 Å². The predicted octanol–water partition coefficient (Wildman–Crippen LogP) is 1.73. The average Bonchev–Trinajstić information content (AvgIpc) is 1.89. The molecule has 0 aliphatic carbocycles. The molecule has 0 aromatic heterocycles. The number of ether oxygens (including phenoxy) is 1.